The number of carbonyl (C=O) groups is 2. The van der Waals surface area contributed by atoms with E-state index in [0.29, 0.717) is 43.4 Å². The Morgan fingerprint density at radius 2 is 1.96 bits per heavy atom. The van der Waals surface area contributed by atoms with E-state index in [0.717, 1.165) is 4.88 Å². The van der Waals surface area contributed by atoms with Gasteiger partial charge in [0, 0.05) is 43.4 Å². The zero-order valence-electron chi connectivity index (χ0n) is 15.4. The van der Waals surface area contributed by atoms with Gasteiger partial charge in [-0.3, -0.25) is 14.5 Å². The molecular weight excluding hydrogens is 396 g/mol. The van der Waals surface area contributed by atoms with Gasteiger partial charge in [0.1, 0.15) is 0 Å². The highest BCUT2D eigenvalue weighted by Gasteiger charge is 2.25. The Bertz CT molecular complexity index is 857. The molecule has 0 saturated carbocycles. The van der Waals surface area contributed by atoms with Gasteiger partial charge in [0.2, 0.25) is 5.91 Å². The summed E-state index contributed by atoms with van der Waals surface area (Å²) in [6.07, 6.45) is 0.251. The molecule has 0 bridgehead atoms. The van der Waals surface area contributed by atoms with Crippen molar-refractivity contribution < 1.29 is 9.59 Å². The molecule has 0 unspecified atom stereocenters. The highest BCUT2D eigenvalue weighted by Crippen LogP contribution is 2.20. The Morgan fingerprint density at radius 3 is 2.61 bits per heavy atom. The molecule has 2 aromatic rings. The van der Waals surface area contributed by atoms with Crippen LogP contribution in [0.25, 0.3) is 0 Å². The number of nitriles is 1. The molecule has 0 aliphatic carbocycles. The number of nitrogens with zero attached hydrogens (tertiary/aromatic N) is 4. The van der Waals surface area contributed by atoms with Crippen molar-refractivity contribution in [3.8, 4) is 6.07 Å². The van der Waals surface area contributed by atoms with E-state index in [1.807, 2.05) is 33.4 Å². The average Bonchev–Trinajstić information content (AvgIpc) is 3.23. The van der Waals surface area contributed by atoms with Crippen LogP contribution in [-0.2, 0) is 4.79 Å². The predicted molar refractivity (Wildman–Crippen MR) is 111 cm³/mol. The van der Waals surface area contributed by atoms with Crippen LogP contribution in [0.1, 0.15) is 16.1 Å². The Hall–Kier alpha value is -2.40. The number of piperazine rings is 1. The second-order valence-electron chi connectivity index (χ2n) is 6.48. The number of thiophene rings is 1. The van der Waals surface area contributed by atoms with Gasteiger partial charge in [-0.25, -0.2) is 0 Å². The maximum absolute atomic E-state index is 12.9. The molecule has 1 aromatic carbocycles. The van der Waals surface area contributed by atoms with Crippen LogP contribution in [0.3, 0.4) is 0 Å². The van der Waals surface area contributed by atoms with Crippen molar-refractivity contribution in [3.63, 3.8) is 0 Å². The summed E-state index contributed by atoms with van der Waals surface area (Å²) in [4.78, 5) is 31.5. The lowest BCUT2D eigenvalue weighted by Gasteiger charge is -2.35. The van der Waals surface area contributed by atoms with E-state index >= 15 is 0 Å². The van der Waals surface area contributed by atoms with Crippen molar-refractivity contribution in [2.24, 2.45) is 0 Å². The zero-order chi connectivity index (χ0) is 19.9. The van der Waals surface area contributed by atoms with Crippen LogP contribution < -0.4 is 4.90 Å². The maximum Gasteiger partial charge on any atom is 0.264 e. The lowest BCUT2D eigenvalue weighted by molar-refractivity contribution is -0.120. The standard InChI is InChI=1S/C20H21ClN4O2S/c21-16-4-1-5-17(14-16)25(8-3-7-22)19(26)15-23-9-11-24(12-10-23)20(27)18-6-2-13-28-18/h1-2,4-6,13-14H,3,8-12,15H2. The minimum Gasteiger partial charge on any atom is -0.335 e. The maximum atomic E-state index is 12.9. The molecular formula is C20H21ClN4O2S. The molecule has 1 fully saturated rings. The molecule has 28 heavy (non-hydrogen) atoms. The van der Waals surface area contributed by atoms with Gasteiger partial charge in [-0.15, -0.1) is 11.3 Å². The second-order valence-corrected chi connectivity index (χ2v) is 7.86. The Kier molecular flexibility index (Phi) is 7.04. The van der Waals surface area contributed by atoms with E-state index < -0.39 is 0 Å². The van der Waals surface area contributed by atoms with Crippen molar-refractivity contribution >= 4 is 40.4 Å². The van der Waals surface area contributed by atoms with Gasteiger partial charge in [-0.1, -0.05) is 23.7 Å². The molecule has 0 spiro atoms. The van der Waals surface area contributed by atoms with Crippen molar-refractivity contribution in [1.29, 1.82) is 5.26 Å². The molecule has 2 heterocycles. The molecule has 146 valence electrons. The second kappa shape index (κ2) is 9.69. The first-order valence-corrected chi connectivity index (χ1v) is 10.3. The molecule has 8 heteroatoms. The molecule has 0 atom stereocenters. The molecule has 1 aromatic heterocycles. The number of hydrogen-bond acceptors (Lipinski definition) is 5. The summed E-state index contributed by atoms with van der Waals surface area (Å²) < 4.78 is 0. The van der Waals surface area contributed by atoms with Gasteiger partial charge < -0.3 is 9.80 Å². The van der Waals surface area contributed by atoms with E-state index in [1.54, 1.807) is 23.1 Å². The van der Waals surface area contributed by atoms with Crippen LogP contribution in [0.5, 0.6) is 0 Å². The van der Waals surface area contributed by atoms with Crippen LogP contribution in [0.15, 0.2) is 41.8 Å². The quantitative estimate of drug-likeness (QED) is 0.725. The first-order valence-electron chi connectivity index (χ1n) is 9.06. The molecule has 1 saturated heterocycles. The van der Waals surface area contributed by atoms with Gasteiger partial charge in [0.25, 0.3) is 5.91 Å². The van der Waals surface area contributed by atoms with Crippen molar-refractivity contribution in [2.45, 2.75) is 6.42 Å². The highest BCUT2D eigenvalue weighted by atomic mass is 35.5. The van der Waals surface area contributed by atoms with E-state index in [-0.39, 0.29) is 24.8 Å². The molecule has 3 rings (SSSR count). The number of carbonyl (C=O) groups excluding carboxylic acids is 2. The molecule has 2 amide bonds. The fourth-order valence-electron chi connectivity index (χ4n) is 3.15. The van der Waals surface area contributed by atoms with Crippen LogP contribution in [-0.4, -0.2) is 60.9 Å². The van der Waals surface area contributed by atoms with Crippen molar-refractivity contribution in [1.82, 2.24) is 9.80 Å². The number of anilines is 1. The van der Waals surface area contributed by atoms with Gasteiger partial charge >= 0.3 is 0 Å². The molecule has 1 aliphatic rings. The first kappa shape index (κ1) is 20.3. The van der Waals surface area contributed by atoms with Crippen LogP contribution in [0, 0.1) is 11.3 Å². The number of amides is 2. The molecule has 1 aliphatic heterocycles. The van der Waals surface area contributed by atoms with Crippen molar-refractivity contribution in [3.05, 3.63) is 51.7 Å². The van der Waals surface area contributed by atoms with E-state index in [2.05, 4.69) is 6.07 Å². The average molecular weight is 417 g/mol. The smallest absolute Gasteiger partial charge is 0.264 e. The fraction of sp³-hybridized carbons (Fsp3) is 0.350. The monoisotopic (exact) mass is 416 g/mol. The SMILES string of the molecule is N#CCCN(C(=O)CN1CCN(C(=O)c2cccs2)CC1)c1cccc(Cl)c1. The number of halogens is 1. The Labute approximate surface area is 173 Å². The summed E-state index contributed by atoms with van der Waals surface area (Å²) in [5.74, 6) is -0.0221. The normalized spacial score (nSPS) is 14.5. The largest absolute Gasteiger partial charge is 0.335 e. The van der Waals surface area contributed by atoms with Gasteiger partial charge in [-0.05, 0) is 29.6 Å². The predicted octanol–water partition coefficient (Wildman–Crippen LogP) is 3.11. The topological polar surface area (TPSA) is 67.7 Å². The van der Waals surface area contributed by atoms with E-state index in [9.17, 15) is 9.59 Å². The van der Waals surface area contributed by atoms with Gasteiger partial charge in [0.15, 0.2) is 0 Å². The summed E-state index contributed by atoms with van der Waals surface area (Å²) in [5, 5.41) is 11.4. The third kappa shape index (κ3) is 5.10. The number of hydrogen-bond donors (Lipinski definition) is 0. The van der Waals surface area contributed by atoms with Crippen LogP contribution in [0.4, 0.5) is 5.69 Å². The van der Waals surface area contributed by atoms with Crippen LogP contribution in [0.2, 0.25) is 5.02 Å². The van der Waals surface area contributed by atoms with E-state index in [1.165, 1.54) is 11.3 Å². The molecule has 0 N–H and O–H groups in total. The Morgan fingerprint density at radius 1 is 1.18 bits per heavy atom. The minimum absolute atomic E-state index is 0.0514. The third-order valence-electron chi connectivity index (χ3n) is 4.62. The minimum atomic E-state index is -0.0736. The summed E-state index contributed by atoms with van der Waals surface area (Å²) in [7, 11) is 0. The molecule has 0 radical (unpaired) electrons. The lowest BCUT2D eigenvalue weighted by atomic mass is 10.2. The summed E-state index contributed by atoms with van der Waals surface area (Å²) in [6, 6.07) is 12.9. The number of benzene rings is 1. The summed E-state index contributed by atoms with van der Waals surface area (Å²) >= 11 is 7.50. The first-order chi connectivity index (χ1) is 13.6. The lowest BCUT2D eigenvalue weighted by Crippen LogP contribution is -2.51. The summed E-state index contributed by atoms with van der Waals surface area (Å²) in [5.41, 5.74) is 0.694. The van der Waals surface area contributed by atoms with E-state index in [4.69, 9.17) is 16.9 Å². The molecule has 6 nitrogen and oxygen atoms in total. The number of rotatable bonds is 6. The van der Waals surface area contributed by atoms with Gasteiger partial charge in [-0.2, -0.15) is 5.26 Å². The fourth-order valence-corrected chi connectivity index (χ4v) is 4.02. The third-order valence-corrected chi connectivity index (χ3v) is 5.71. The van der Waals surface area contributed by atoms with Crippen LogP contribution >= 0.6 is 22.9 Å². The highest BCUT2D eigenvalue weighted by molar-refractivity contribution is 7.12. The summed E-state index contributed by atoms with van der Waals surface area (Å²) in [6.45, 7) is 3.05. The van der Waals surface area contributed by atoms with Crippen molar-refractivity contribution in [2.75, 3.05) is 44.2 Å². The Balaban J connectivity index is 1.58. The van der Waals surface area contributed by atoms with Gasteiger partial charge in [0.05, 0.1) is 23.9 Å². The zero-order valence-corrected chi connectivity index (χ0v) is 17.0.